The van der Waals surface area contributed by atoms with Crippen molar-refractivity contribution in [1.29, 1.82) is 0 Å². The van der Waals surface area contributed by atoms with Gasteiger partial charge in [-0.25, -0.2) is 13.4 Å². The summed E-state index contributed by atoms with van der Waals surface area (Å²) in [6, 6.07) is 3.39. The molecule has 0 aromatic carbocycles. The Morgan fingerprint density at radius 3 is 2.60 bits per heavy atom. The first kappa shape index (κ1) is 10.9. The van der Waals surface area contributed by atoms with Crippen molar-refractivity contribution in [3.8, 4) is 0 Å². The molecular formula is C9H11BrN2O2S. The first-order valence-corrected chi connectivity index (χ1v) is 7.05. The van der Waals surface area contributed by atoms with E-state index in [-0.39, 0.29) is 5.25 Å². The Bertz CT molecular complexity index is 440. The van der Waals surface area contributed by atoms with Crippen molar-refractivity contribution < 1.29 is 8.42 Å². The summed E-state index contributed by atoms with van der Waals surface area (Å²) in [5, 5.41) is -0.233. The van der Waals surface area contributed by atoms with Crippen LogP contribution in [0.4, 0.5) is 5.82 Å². The number of pyridine rings is 1. The average Bonchev–Trinajstić information content (AvgIpc) is 2.04. The lowest BCUT2D eigenvalue weighted by Gasteiger charge is -2.25. The fraction of sp³-hybridized carbons (Fsp3) is 0.444. The molecule has 0 atom stereocenters. The average molecular weight is 291 g/mol. The van der Waals surface area contributed by atoms with Crippen molar-refractivity contribution in [3.05, 3.63) is 22.8 Å². The van der Waals surface area contributed by atoms with Gasteiger partial charge in [0.15, 0.2) is 0 Å². The number of rotatable bonds is 3. The minimum atomic E-state index is -3.22. The molecule has 0 amide bonds. The van der Waals surface area contributed by atoms with Crippen LogP contribution in [0.2, 0.25) is 0 Å². The highest BCUT2D eigenvalue weighted by Gasteiger charge is 2.31. The highest BCUT2D eigenvalue weighted by atomic mass is 79.9. The largest absolute Gasteiger partial charge is 0.267 e. The van der Waals surface area contributed by atoms with Gasteiger partial charge in [0.2, 0.25) is 10.0 Å². The lowest BCUT2D eigenvalue weighted by molar-refractivity contribution is 0.479. The summed E-state index contributed by atoms with van der Waals surface area (Å²) >= 11 is 3.24. The fourth-order valence-corrected chi connectivity index (χ4v) is 3.11. The summed E-state index contributed by atoms with van der Waals surface area (Å²) in [6.45, 7) is 0. The van der Waals surface area contributed by atoms with E-state index in [4.69, 9.17) is 0 Å². The highest BCUT2D eigenvalue weighted by molar-refractivity contribution is 9.10. The third-order valence-corrected chi connectivity index (χ3v) is 4.78. The zero-order valence-electron chi connectivity index (χ0n) is 7.98. The van der Waals surface area contributed by atoms with E-state index in [1.807, 2.05) is 0 Å². The molecule has 1 aromatic heterocycles. The van der Waals surface area contributed by atoms with E-state index in [1.165, 1.54) is 0 Å². The van der Waals surface area contributed by atoms with Crippen LogP contribution in [0.3, 0.4) is 0 Å². The highest BCUT2D eigenvalue weighted by Crippen LogP contribution is 2.27. The second kappa shape index (κ2) is 4.09. The standard InChI is InChI=1S/C9H11BrN2O2S/c10-7-4-5-9(11-6-7)12-15(13,14)8-2-1-3-8/h4-6,8H,1-3H2,(H,11,12). The number of hydrogen-bond acceptors (Lipinski definition) is 3. The first-order valence-electron chi connectivity index (χ1n) is 4.71. The van der Waals surface area contributed by atoms with Gasteiger partial charge in [0.25, 0.3) is 0 Å². The molecule has 1 aliphatic rings. The van der Waals surface area contributed by atoms with Crippen molar-refractivity contribution in [2.75, 3.05) is 4.72 Å². The number of aromatic nitrogens is 1. The molecule has 0 spiro atoms. The van der Waals surface area contributed by atoms with Gasteiger partial charge in [-0.3, -0.25) is 4.72 Å². The lowest BCUT2D eigenvalue weighted by atomic mass is 10.0. The minimum Gasteiger partial charge on any atom is -0.267 e. The molecule has 1 heterocycles. The van der Waals surface area contributed by atoms with Crippen molar-refractivity contribution in [2.45, 2.75) is 24.5 Å². The molecule has 82 valence electrons. The number of nitrogens with zero attached hydrogens (tertiary/aromatic N) is 1. The van der Waals surface area contributed by atoms with E-state index in [1.54, 1.807) is 18.3 Å². The molecule has 0 saturated heterocycles. The maximum atomic E-state index is 11.7. The molecule has 1 aliphatic carbocycles. The van der Waals surface area contributed by atoms with Gasteiger partial charge in [0.05, 0.1) is 5.25 Å². The van der Waals surface area contributed by atoms with Gasteiger partial charge in [0, 0.05) is 10.7 Å². The zero-order chi connectivity index (χ0) is 10.9. The SMILES string of the molecule is O=S(=O)(Nc1ccc(Br)cn1)C1CCC1. The molecule has 0 aliphatic heterocycles. The third kappa shape index (κ3) is 2.49. The van der Waals surface area contributed by atoms with Gasteiger partial charge in [-0.1, -0.05) is 6.42 Å². The van der Waals surface area contributed by atoms with Gasteiger partial charge in [-0.2, -0.15) is 0 Å². The molecule has 2 rings (SSSR count). The Labute approximate surface area is 97.3 Å². The van der Waals surface area contributed by atoms with E-state index < -0.39 is 10.0 Å². The molecular weight excluding hydrogens is 280 g/mol. The molecule has 4 nitrogen and oxygen atoms in total. The topological polar surface area (TPSA) is 59.1 Å². The smallest absolute Gasteiger partial charge is 0.236 e. The Morgan fingerprint density at radius 1 is 1.40 bits per heavy atom. The van der Waals surface area contributed by atoms with E-state index >= 15 is 0 Å². The van der Waals surface area contributed by atoms with Crippen LogP contribution in [0.5, 0.6) is 0 Å². The number of anilines is 1. The summed E-state index contributed by atoms with van der Waals surface area (Å²) < 4.78 is 26.7. The molecule has 15 heavy (non-hydrogen) atoms. The monoisotopic (exact) mass is 290 g/mol. The predicted octanol–water partition coefficient (Wildman–Crippen LogP) is 2.14. The van der Waals surface area contributed by atoms with Gasteiger partial charge in [-0.15, -0.1) is 0 Å². The van der Waals surface area contributed by atoms with E-state index in [0.717, 1.165) is 23.7 Å². The maximum absolute atomic E-state index is 11.7. The molecule has 1 fully saturated rings. The molecule has 0 radical (unpaired) electrons. The summed E-state index contributed by atoms with van der Waals surface area (Å²) in [5.74, 6) is 0.380. The van der Waals surface area contributed by atoms with Crippen molar-refractivity contribution in [3.63, 3.8) is 0 Å². The van der Waals surface area contributed by atoms with Crippen LogP contribution in [0.1, 0.15) is 19.3 Å². The molecule has 6 heteroatoms. The molecule has 1 aromatic rings. The van der Waals surface area contributed by atoms with E-state index in [2.05, 4.69) is 25.6 Å². The summed E-state index contributed by atoms with van der Waals surface area (Å²) in [5.41, 5.74) is 0. The number of hydrogen-bond donors (Lipinski definition) is 1. The van der Waals surface area contributed by atoms with Gasteiger partial charge < -0.3 is 0 Å². The normalized spacial score (nSPS) is 17.1. The van der Waals surface area contributed by atoms with E-state index in [9.17, 15) is 8.42 Å². The molecule has 1 saturated carbocycles. The third-order valence-electron chi connectivity index (χ3n) is 2.47. The Balaban J connectivity index is 2.11. The van der Waals surface area contributed by atoms with Crippen molar-refractivity contribution in [1.82, 2.24) is 4.98 Å². The Hall–Kier alpha value is -0.620. The van der Waals surface area contributed by atoms with Gasteiger partial charge in [0.1, 0.15) is 5.82 Å². The molecule has 0 bridgehead atoms. The van der Waals surface area contributed by atoms with Crippen molar-refractivity contribution >= 4 is 31.8 Å². The van der Waals surface area contributed by atoms with Crippen LogP contribution in [0.25, 0.3) is 0 Å². The fourth-order valence-electron chi connectivity index (χ4n) is 1.35. The Morgan fingerprint density at radius 2 is 2.13 bits per heavy atom. The lowest BCUT2D eigenvalue weighted by Crippen LogP contribution is -2.33. The van der Waals surface area contributed by atoms with Crippen molar-refractivity contribution in [2.24, 2.45) is 0 Å². The van der Waals surface area contributed by atoms with Crippen LogP contribution >= 0.6 is 15.9 Å². The van der Waals surface area contributed by atoms with Crippen LogP contribution in [-0.4, -0.2) is 18.7 Å². The number of sulfonamides is 1. The van der Waals surface area contributed by atoms with Gasteiger partial charge >= 0.3 is 0 Å². The van der Waals surface area contributed by atoms with Gasteiger partial charge in [-0.05, 0) is 40.9 Å². The summed E-state index contributed by atoms with van der Waals surface area (Å²) in [6.07, 6.45) is 4.08. The van der Waals surface area contributed by atoms with Crippen LogP contribution < -0.4 is 4.72 Å². The molecule has 1 N–H and O–H groups in total. The maximum Gasteiger partial charge on any atom is 0.236 e. The zero-order valence-corrected chi connectivity index (χ0v) is 10.4. The predicted molar refractivity (Wildman–Crippen MR) is 62.1 cm³/mol. The van der Waals surface area contributed by atoms with E-state index in [0.29, 0.717) is 5.82 Å². The Kier molecular flexibility index (Phi) is 2.97. The molecule has 0 unspecified atom stereocenters. The second-order valence-electron chi connectivity index (χ2n) is 3.56. The van der Waals surface area contributed by atoms with Crippen LogP contribution in [-0.2, 0) is 10.0 Å². The summed E-state index contributed by atoms with van der Waals surface area (Å²) in [4.78, 5) is 3.97. The number of halogens is 1. The minimum absolute atomic E-state index is 0.233. The first-order chi connectivity index (χ1) is 7.08. The second-order valence-corrected chi connectivity index (χ2v) is 6.44. The summed E-state index contributed by atoms with van der Waals surface area (Å²) in [7, 11) is -3.22. The van der Waals surface area contributed by atoms with Crippen LogP contribution in [0.15, 0.2) is 22.8 Å². The quantitative estimate of drug-likeness (QED) is 0.928. The number of nitrogens with one attached hydrogen (secondary N) is 1. The van der Waals surface area contributed by atoms with Crippen LogP contribution in [0, 0.1) is 0 Å².